The minimum Gasteiger partial charge on any atom is -0.505 e. The number of aromatic hydroxyl groups is 1. The van der Waals surface area contributed by atoms with Gasteiger partial charge in [0, 0.05) is 30.3 Å². The van der Waals surface area contributed by atoms with Gasteiger partial charge in [-0.25, -0.2) is 4.39 Å². The van der Waals surface area contributed by atoms with Gasteiger partial charge in [-0.05, 0) is 42.7 Å². The number of nitrogens with zero attached hydrogens (tertiary/aromatic N) is 3. The van der Waals surface area contributed by atoms with Gasteiger partial charge in [-0.3, -0.25) is 4.99 Å². The van der Waals surface area contributed by atoms with Crippen molar-refractivity contribution in [2.75, 3.05) is 6.54 Å². The Balaban J connectivity index is 2.11. The third kappa shape index (κ3) is 2.38. The molecule has 5 heteroatoms. The Kier molecular flexibility index (Phi) is 3.54. The second-order valence-electron chi connectivity index (χ2n) is 6.27. The predicted molar refractivity (Wildman–Crippen MR) is 95.5 cm³/mol. The third-order valence-corrected chi connectivity index (χ3v) is 4.66. The van der Waals surface area contributed by atoms with Crippen LogP contribution in [0.3, 0.4) is 0 Å². The molecule has 0 spiro atoms. The Morgan fingerprint density at radius 1 is 1.28 bits per heavy atom. The molecule has 0 unspecified atom stereocenters. The highest BCUT2D eigenvalue weighted by Gasteiger charge is 2.21. The standard InChI is InChI=1S/C20H16FN3O/c1-12-3-4-14(9-17(12)21)15-7-13(10-22)8-16-19(15)24-6-2-5-23-11-18(24)20(16)25/h3-4,7-9,11,25H,2,5-6H2,1H3. The van der Waals surface area contributed by atoms with Gasteiger partial charge in [0.05, 0.1) is 17.1 Å². The second kappa shape index (κ2) is 5.75. The molecular weight excluding hydrogens is 317 g/mol. The van der Waals surface area contributed by atoms with E-state index in [1.54, 1.807) is 31.3 Å². The Morgan fingerprint density at radius 2 is 2.12 bits per heavy atom. The fraction of sp³-hybridized carbons (Fsp3) is 0.200. The number of nitriles is 1. The van der Waals surface area contributed by atoms with Gasteiger partial charge in [0.1, 0.15) is 17.3 Å². The maximum Gasteiger partial charge on any atom is 0.150 e. The molecule has 0 amide bonds. The van der Waals surface area contributed by atoms with E-state index < -0.39 is 0 Å². The molecule has 2 aromatic carbocycles. The lowest BCUT2D eigenvalue weighted by Gasteiger charge is -2.11. The smallest absolute Gasteiger partial charge is 0.150 e. The number of halogens is 1. The highest BCUT2D eigenvalue weighted by atomic mass is 19.1. The maximum atomic E-state index is 14.1. The first kappa shape index (κ1) is 15.4. The van der Waals surface area contributed by atoms with Crippen LogP contribution in [0.15, 0.2) is 35.3 Å². The molecule has 25 heavy (non-hydrogen) atoms. The summed E-state index contributed by atoms with van der Waals surface area (Å²) >= 11 is 0. The molecule has 4 rings (SSSR count). The number of hydrogen-bond donors (Lipinski definition) is 1. The zero-order valence-electron chi connectivity index (χ0n) is 13.8. The summed E-state index contributed by atoms with van der Waals surface area (Å²) in [5.74, 6) is -0.173. The lowest BCUT2D eigenvalue weighted by Crippen LogP contribution is -2.02. The van der Waals surface area contributed by atoms with Crippen LogP contribution in [0.25, 0.3) is 22.0 Å². The molecule has 0 atom stereocenters. The summed E-state index contributed by atoms with van der Waals surface area (Å²) in [5, 5.41) is 20.6. The van der Waals surface area contributed by atoms with E-state index in [0.29, 0.717) is 40.9 Å². The molecule has 0 bridgehead atoms. The van der Waals surface area contributed by atoms with Crippen LogP contribution in [0.2, 0.25) is 0 Å². The topological polar surface area (TPSA) is 61.3 Å². The Morgan fingerprint density at radius 3 is 2.88 bits per heavy atom. The van der Waals surface area contributed by atoms with Crippen LogP contribution in [-0.4, -0.2) is 22.4 Å². The number of fused-ring (bicyclic) bond motifs is 3. The normalized spacial score (nSPS) is 13.5. The minimum atomic E-state index is -0.290. The van der Waals surface area contributed by atoms with Crippen LogP contribution in [0.1, 0.15) is 23.2 Å². The van der Waals surface area contributed by atoms with Gasteiger partial charge in [0.2, 0.25) is 0 Å². The van der Waals surface area contributed by atoms with Crippen molar-refractivity contribution in [2.24, 2.45) is 4.99 Å². The average molecular weight is 333 g/mol. The SMILES string of the molecule is Cc1ccc(-c2cc(C#N)cc3c(O)c4n(c23)CCCN=C4)cc1F. The van der Waals surface area contributed by atoms with E-state index >= 15 is 0 Å². The Hall–Kier alpha value is -3.13. The molecule has 2 heterocycles. The van der Waals surface area contributed by atoms with Crippen molar-refractivity contribution in [2.45, 2.75) is 19.9 Å². The number of hydrogen-bond acceptors (Lipinski definition) is 3. The van der Waals surface area contributed by atoms with Gasteiger partial charge in [-0.1, -0.05) is 12.1 Å². The molecule has 124 valence electrons. The minimum absolute atomic E-state index is 0.117. The predicted octanol–water partition coefficient (Wildman–Crippen LogP) is 4.16. The van der Waals surface area contributed by atoms with E-state index in [2.05, 4.69) is 11.1 Å². The summed E-state index contributed by atoms with van der Waals surface area (Å²) in [6.07, 6.45) is 2.53. The van der Waals surface area contributed by atoms with Crippen molar-refractivity contribution >= 4 is 17.1 Å². The van der Waals surface area contributed by atoms with Crippen molar-refractivity contribution in [3.8, 4) is 22.9 Å². The number of aryl methyl sites for hydroxylation is 2. The van der Waals surface area contributed by atoms with Gasteiger partial charge >= 0.3 is 0 Å². The average Bonchev–Trinajstić information content (AvgIpc) is 2.79. The summed E-state index contributed by atoms with van der Waals surface area (Å²) in [6.45, 7) is 3.12. The van der Waals surface area contributed by atoms with Crippen LogP contribution in [-0.2, 0) is 6.54 Å². The van der Waals surface area contributed by atoms with E-state index in [1.165, 1.54) is 6.07 Å². The fourth-order valence-corrected chi connectivity index (χ4v) is 3.37. The van der Waals surface area contributed by atoms with E-state index in [-0.39, 0.29) is 11.6 Å². The van der Waals surface area contributed by atoms with Gasteiger partial charge < -0.3 is 9.67 Å². The first-order chi connectivity index (χ1) is 12.1. The molecule has 1 N–H and O–H groups in total. The summed E-state index contributed by atoms with van der Waals surface area (Å²) < 4.78 is 16.1. The van der Waals surface area contributed by atoms with Crippen LogP contribution in [0, 0.1) is 24.1 Å². The molecule has 4 nitrogen and oxygen atoms in total. The summed E-state index contributed by atoms with van der Waals surface area (Å²) in [6, 6.07) is 10.6. The molecule has 0 saturated heterocycles. The Labute approximate surface area is 144 Å². The number of aliphatic imine (C=N–C) groups is 1. The molecule has 0 radical (unpaired) electrons. The van der Waals surface area contributed by atoms with E-state index in [4.69, 9.17) is 0 Å². The zero-order chi connectivity index (χ0) is 17.6. The van der Waals surface area contributed by atoms with Crippen molar-refractivity contribution in [3.05, 3.63) is 53.0 Å². The molecule has 1 aromatic heterocycles. The molecular formula is C20H16FN3O. The van der Waals surface area contributed by atoms with E-state index in [0.717, 1.165) is 17.5 Å². The lowest BCUT2D eigenvalue weighted by atomic mass is 9.98. The first-order valence-electron chi connectivity index (χ1n) is 8.16. The summed E-state index contributed by atoms with van der Waals surface area (Å²) in [4.78, 5) is 4.31. The van der Waals surface area contributed by atoms with Crippen molar-refractivity contribution in [1.29, 1.82) is 5.26 Å². The van der Waals surface area contributed by atoms with Gasteiger partial charge in [-0.2, -0.15) is 5.26 Å². The van der Waals surface area contributed by atoms with Gasteiger partial charge in [-0.15, -0.1) is 0 Å². The maximum absolute atomic E-state index is 14.1. The van der Waals surface area contributed by atoms with Crippen LogP contribution < -0.4 is 0 Å². The highest BCUT2D eigenvalue weighted by Crippen LogP contribution is 2.39. The second-order valence-corrected chi connectivity index (χ2v) is 6.27. The van der Waals surface area contributed by atoms with Gasteiger partial charge in [0.25, 0.3) is 0 Å². The van der Waals surface area contributed by atoms with E-state index in [1.807, 2.05) is 10.6 Å². The molecule has 0 aliphatic carbocycles. The summed E-state index contributed by atoms with van der Waals surface area (Å²) in [7, 11) is 0. The lowest BCUT2D eigenvalue weighted by molar-refractivity contribution is 0.477. The molecule has 1 aliphatic rings. The Bertz CT molecular complexity index is 1070. The van der Waals surface area contributed by atoms with Crippen molar-refractivity contribution < 1.29 is 9.50 Å². The first-order valence-corrected chi connectivity index (χ1v) is 8.16. The zero-order valence-corrected chi connectivity index (χ0v) is 13.8. The van der Waals surface area contributed by atoms with Crippen molar-refractivity contribution in [3.63, 3.8) is 0 Å². The quantitative estimate of drug-likeness (QED) is 0.727. The summed E-state index contributed by atoms with van der Waals surface area (Å²) in [5.41, 5.74) is 3.87. The number of benzene rings is 2. The molecule has 0 saturated carbocycles. The number of rotatable bonds is 1. The van der Waals surface area contributed by atoms with Crippen LogP contribution in [0.5, 0.6) is 5.75 Å². The van der Waals surface area contributed by atoms with E-state index in [9.17, 15) is 14.8 Å². The fourth-order valence-electron chi connectivity index (χ4n) is 3.37. The largest absolute Gasteiger partial charge is 0.505 e. The van der Waals surface area contributed by atoms with Gasteiger partial charge in [0.15, 0.2) is 0 Å². The number of aromatic nitrogens is 1. The molecule has 1 aliphatic heterocycles. The molecule has 3 aromatic rings. The highest BCUT2D eigenvalue weighted by molar-refractivity contribution is 6.04. The van der Waals surface area contributed by atoms with Crippen LogP contribution >= 0.6 is 0 Å². The van der Waals surface area contributed by atoms with Crippen LogP contribution in [0.4, 0.5) is 4.39 Å². The third-order valence-electron chi connectivity index (χ3n) is 4.66. The molecule has 0 fully saturated rings. The monoisotopic (exact) mass is 333 g/mol. The van der Waals surface area contributed by atoms with Crippen molar-refractivity contribution in [1.82, 2.24) is 4.57 Å².